The van der Waals surface area contributed by atoms with E-state index in [1.165, 1.54) is 12.1 Å². The van der Waals surface area contributed by atoms with Crippen LogP contribution in [0.4, 0.5) is 0 Å². The van der Waals surface area contributed by atoms with Crippen molar-refractivity contribution < 1.29 is 27.9 Å². The summed E-state index contributed by atoms with van der Waals surface area (Å²) in [5.74, 6) is -0.850. The Morgan fingerprint density at radius 3 is 2.38 bits per heavy atom. The lowest BCUT2D eigenvalue weighted by Gasteiger charge is -2.13. The van der Waals surface area contributed by atoms with Gasteiger partial charge in [0.15, 0.2) is 9.84 Å². The van der Waals surface area contributed by atoms with E-state index in [4.69, 9.17) is 9.84 Å². The van der Waals surface area contributed by atoms with Gasteiger partial charge in [-0.05, 0) is 37.1 Å². The number of carbonyl (C=O) groups is 2. The van der Waals surface area contributed by atoms with Gasteiger partial charge in [-0.15, -0.1) is 0 Å². The molecule has 7 nitrogen and oxygen atoms in total. The van der Waals surface area contributed by atoms with Crippen LogP contribution in [-0.4, -0.2) is 44.3 Å². The molecule has 2 N–H and O–H groups in total. The molecule has 0 spiro atoms. The Morgan fingerprint density at radius 2 is 1.88 bits per heavy atom. The van der Waals surface area contributed by atoms with E-state index >= 15 is 0 Å². The van der Waals surface area contributed by atoms with E-state index < -0.39 is 21.8 Å². The van der Waals surface area contributed by atoms with Crippen LogP contribution in [0.5, 0.6) is 5.75 Å². The molecule has 0 aliphatic rings. The molecule has 1 unspecified atom stereocenters. The van der Waals surface area contributed by atoms with Crippen molar-refractivity contribution in [2.75, 3.05) is 12.9 Å². The first kappa shape index (κ1) is 20.0. The van der Waals surface area contributed by atoms with E-state index in [0.717, 1.165) is 6.26 Å². The maximum Gasteiger partial charge on any atom is 0.326 e. The first-order valence-corrected chi connectivity index (χ1v) is 9.58. The molecule has 0 aliphatic carbocycles. The van der Waals surface area contributed by atoms with Gasteiger partial charge in [0.25, 0.3) is 0 Å². The molecule has 0 saturated heterocycles. The largest absolute Gasteiger partial charge is 0.494 e. The molecule has 1 aromatic rings. The number of nitrogens with one attached hydrogen (secondary N) is 1. The summed E-state index contributed by atoms with van der Waals surface area (Å²) < 4.78 is 28.1. The number of carboxylic acid groups (broad SMARTS) is 1. The third kappa shape index (κ3) is 6.99. The molecule has 0 heterocycles. The quantitative estimate of drug-likeness (QED) is 0.616. The van der Waals surface area contributed by atoms with Crippen molar-refractivity contribution in [3.63, 3.8) is 0 Å². The highest BCUT2D eigenvalue weighted by molar-refractivity contribution is 7.90. The second-order valence-electron chi connectivity index (χ2n) is 5.44. The number of rotatable bonds is 10. The Morgan fingerprint density at radius 1 is 1.25 bits per heavy atom. The molecule has 8 heteroatoms. The number of sulfone groups is 1. The Hall–Kier alpha value is -2.09. The molecule has 24 heavy (non-hydrogen) atoms. The molecule has 134 valence electrons. The van der Waals surface area contributed by atoms with Gasteiger partial charge in [-0.2, -0.15) is 0 Å². The SMILES string of the molecule is CCCC(NC(=O)CCCOc1ccc(S(C)(=O)=O)cc1)C(=O)O. The van der Waals surface area contributed by atoms with E-state index in [0.29, 0.717) is 25.0 Å². The number of hydrogen-bond donors (Lipinski definition) is 2. The zero-order valence-electron chi connectivity index (χ0n) is 13.8. The van der Waals surface area contributed by atoms with Gasteiger partial charge in [0.1, 0.15) is 11.8 Å². The maximum atomic E-state index is 11.7. The van der Waals surface area contributed by atoms with Gasteiger partial charge in [0.2, 0.25) is 5.91 Å². The predicted octanol–water partition coefficient (Wildman–Crippen LogP) is 1.62. The minimum atomic E-state index is -3.24. The Kier molecular flexibility index (Phi) is 7.70. The number of aliphatic carboxylic acids is 1. The molecule has 1 aromatic carbocycles. The number of carbonyl (C=O) groups excluding carboxylic acids is 1. The van der Waals surface area contributed by atoms with Crippen molar-refractivity contribution in [2.45, 2.75) is 43.5 Å². The summed E-state index contributed by atoms with van der Waals surface area (Å²) in [4.78, 5) is 22.9. The average Bonchev–Trinajstić information content (AvgIpc) is 2.50. The van der Waals surface area contributed by atoms with Crippen molar-refractivity contribution in [1.29, 1.82) is 0 Å². The molecular formula is C16H23NO6S. The highest BCUT2D eigenvalue weighted by Gasteiger charge is 2.18. The van der Waals surface area contributed by atoms with E-state index in [-0.39, 0.29) is 23.8 Å². The van der Waals surface area contributed by atoms with Crippen LogP contribution in [0.25, 0.3) is 0 Å². The fourth-order valence-corrected chi connectivity index (χ4v) is 2.65. The van der Waals surface area contributed by atoms with E-state index in [2.05, 4.69) is 5.32 Å². The lowest BCUT2D eigenvalue weighted by molar-refractivity contribution is -0.142. The van der Waals surface area contributed by atoms with Gasteiger partial charge < -0.3 is 15.2 Å². The van der Waals surface area contributed by atoms with E-state index in [1.807, 2.05) is 6.92 Å². The van der Waals surface area contributed by atoms with Crippen molar-refractivity contribution in [2.24, 2.45) is 0 Å². The molecule has 0 fully saturated rings. The molecule has 1 amide bonds. The van der Waals surface area contributed by atoms with E-state index in [9.17, 15) is 18.0 Å². The van der Waals surface area contributed by atoms with Gasteiger partial charge in [-0.3, -0.25) is 4.79 Å². The van der Waals surface area contributed by atoms with Gasteiger partial charge in [0, 0.05) is 12.7 Å². The van der Waals surface area contributed by atoms with Gasteiger partial charge in [-0.25, -0.2) is 13.2 Å². The minimum Gasteiger partial charge on any atom is -0.494 e. The molecule has 0 radical (unpaired) electrons. The molecule has 1 atom stereocenters. The van der Waals surface area contributed by atoms with Gasteiger partial charge in [0.05, 0.1) is 11.5 Å². The number of carboxylic acids is 1. The summed E-state index contributed by atoms with van der Waals surface area (Å²) in [7, 11) is -3.24. The van der Waals surface area contributed by atoms with Crippen LogP contribution in [0.2, 0.25) is 0 Å². The first-order valence-electron chi connectivity index (χ1n) is 7.69. The standard InChI is InChI=1S/C16H23NO6S/c1-3-5-14(16(19)20)17-15(18)6-4-11-23-12-7-9-13(10-8-12)24(2,21)22/h7-10,14H,3-6,11H2,1-2H3,(H,17,18)(H,19,20). The summed E-state index contributed by atoms with van der Waals surface area (Å²) in [6.07, 6.45) is 2.78. The summed E-state index contributed by atoms with van der Waals surface area (Å²) in [5, 5.41) is 11.5. The van der Waals surface area contributed by atoms with Gasteiger partial charge >= 0.3 is 5.97 Å². The summed E-state index contributed by atoms with van der Waals surface area (Å²) in [6, 6.07) is 5.17. The lowest BCUT2D eigenvalue weighted by atomic mass is 10.1. The van der Waals surface area contributed by atoms with Crippen LogP contribution in [0.15, 0.2) is 29.2 Å². The zero-order valence-corrected chi connectivity index (χ0v) is 14.6. The third-order valence-electron chi connectivity index (χ3n) is 3.28. The zero-order chi connectivity index (χ0) is 18.2. The van der Waals surface area contributed by atoms with Crippen LogP contribution in [0.3, 0.4) is 0 Å². The summed E-state index contributed by atoms with van der Waals surface area (Å²) in [5.41, 5.74) is 0. The van der Waals surface area contributed by atoms with E-state index in [1.54, 1.807) is 12.1 Å². The topological polar surface area (TPSA) is 110 Å². The highest BCUT2D eigenvalue weighted by atomic mass is 32.2. The minimum absolute atomic E-state index is 0.162. The second-order valence-corrected chi connectivity index (χ2v) is 7.46. The lowest BCUT2D eigenvalue weighted by Crippen LogP contribution is -2.40. The fourth-order valence-electron chi connectivity index (χ4n) is 2.02. The maximum absolute atomic E-state index is 11.7. The predicted molar refractivity (Wildman–Crippen MR) is 88.8 cm³/mol. The molecule has 1 rings (SSSR count). The fraction of sp³-hybridized carbons (Fsp3) is 0.500. The number of amides is 1. The number of ether oxygens (including phenoxy) is 1. The Labute approximate surface area is 141 Å². The van der Waals surface area contributed by atoms with Crippen LogP contribution in [0.1, 0.15) is 32.6 Å². The average molecular weight is 357 g/mol. The molecule has 0 aromatic heterocycles. The van der Waals surface area contributed by atoms with Crippen molar-refractivity contribution in [3.8, 4) is 5.75 Å². The summed E-state index contributed by atoms with van der Waals surface area (Å²) in [6.45, 7) is 2.13. The Bertz CT molecular complexity index is 654. The van der Waals surface area contributed by atoms with Crippen LogP contribution in [0, 0.1) is 0 Å². The summed E-state index contributed by atoms with van der Waals surface area (Å²) >= 11 is 0. The Balaban J connectivity index is 2.35. The van der Waals surface area contributed by atoms with Gasteiger partial charge in [-0.1, -0.05) is 13.3 Å². The third-order valence-corrected chi connectivity index (χ3v) is 4.41. The normalized spacial score (nSPS) is 12.4. The van der Waals surface area contributed by atoms with Crippen LogP contribution >= 0.6 is 0 Å². The first-order chi connectivity index (χ1) is 11.2. The molecule has 0 aliphatic heterocycles. The van der Waals surface area contributed by atoms with Crippen LogP contribution < -0.4 is 10.1 Å². The smallest absolute Gasteiger partial charge is 0.326 e. The molecular weight excluding hydrogens is 334 g/mol. The second kappa shape index (κ2) is 9.27. The van der Waals surface area contributed by atoms with Crippen molar-refractivity contribution >= 4 is 21.7 Å². The number of hydrogen-bond acceptors (Lipinski definition) is 5. The van der Waals surface area contributed by atoms with Crippen LogP contribution in [-0.2, 0) is 19.4 Å². The number of benzene rings is 1. The molecule has 0 saturated carbocycles. The van der Waals surface area contributed by atoms with Crippen molar-refractivity contribution in [1.82, 2.24) is 5.32 Å². The monoisotopic (exact) mass is 357 g/mol. The van der Waals surface area contributed by atoms with Crippen molar-refractivity contribution in [3.05, 3.63) is 24.3 Å². The highest BCUT2D eigenvalue weighted by Crippen LogP contribution is 2.16. The molecule has 0 bridgehead atoms.